The molecule has 0 saturated carbocycles. The lowest BCUT2D eigenvalue weighted by Crippen LogP contribution is -2.18. The molecule has 4 rings (SSSR count). The van der Waals surface area contributed by atoms with E-state index in [0.717, 1.165) is 54.8 Å². The molecule has 1 aromatic carbocycles. The zero-order valence-corrected chi connectivity index (χ0v) is 15.8. The predicted octanol–water partition coefficient (Wildman–Crippen LogP) is 1.72. The van der Waals surface area contributed by atoms with Crippen molar-refractivity contribution in [2.75, 3.05) is 18.4 Å². The minimum Gasteiger partial charge on any atom is -0.333 e. The first-order chi connectivity index (χ1) is 12.7. The number of aryl methyl sites for hydroxylation is 1. The van der Waals surface area contributed by atoms with Crippen molar-refractivity contribution in [2.45, 2.75) is 26.3 Å². The number of carbonyl (C=O) groups excluding carboxylic acids is 1. The first kappa shape index (κ1) is 19.1. The number of amides is 1. The van der Waals surface area contributed by atoms with Gasteiger partial charge in [-0.2, -0.15) is 5.10 Å². The third kappa shape index (κ3) is 4.53. The van der Waals surface area contributed by atoms with Gasteiger partial charge in [0.1, 0.15) is 17.3 Å². The van der Waals surface area contributed by atoms with Crippen molar-refractivity contribution in [1.82, 2.24) is 30.0 Å². The van der Waals surface area contributed by atoms with Gasteiger partial charge < -0.3 is 15.2 Å². The van der Waals surface area contributed by atoms with Gasteiger partial charge in [-0.05, 0) is 24.6 Å². The summed E-state index contributed by atoms with van der Waals surface area (Å²) >= 11 is 0. The molecule has 1 aliphatic rings. The fourth-order valence-electron chi connectivity index (χ4n) is 3.03. The fourth-order valence-corrected chi connectivity index (χ4v) is 3.03. The van der Waals surface area contributed by atoms with Crippen molar-refractivity contribution in [3.05, 3.63) is 59.2 Å². The summed E-state index contributed by atoms with van der Waals surface area (Å²) in [5.74, 6) is 2.33. The number of halogens is 1. The maximum atomic E-state index is 12.5. The normalized spacial score (nSPS) is 13.4. The van der Waals surface area contributed by atoms with E-state index < -0.39 is 0 Å². The summed E-state index contributed by atoms with van der Waals surface area (Å²) in [5.41, 5.74) is 2.29. The minimum absolute atomic E-state index is 0. The lowest BCUT2D eigenvalue weighted by molar-refractivity contribution is 0.102. The number of benzene rings is 1. The first-order valence-electron chi connectivity index (χ1n) is 8.72. The molecule has 3 heterocycles. The molecule has 142 valence electrons. The van der Waals surface area contributed by atoms with Crippen LogP contribution in [0.2, 0.25) is 0 Å². The van der Waals surface area contributed by atoms with E-state index in [1.165, 1.54) is 0 Å². The van der Waals surface area contributed by atoms with Crippen LogP contribution in [0.5, 0.6) is 0 Å². The van der Waals surface area contributed by atoms with E-state index in [9.17, 15) is 4.79 Å². The number of fused-ring (bicyclic) bond motifs is 1. The number of aromatic nitrogens is 5. The van der Waals surface area contributed by atoms with Crippen LogP contribution in [0.15, 0.2) is 30.5 Å². The number of rotatable bonds is 4. The second kappa shape index (κ2) is 8.32. The summed E-state index contributed by atoms with van der Waals surface area (Å²) in [6.45, 7) is 4.51. The van der Waals surface area contributed by atoms with Crippen LogP contribution in [0.1, 0.15) is 33.5 Å². The van der Waals surface area contributed by atoms with E-state index in [2.05, 4.69) is 35.4 Å². The van der Waals surface area contributed by atoms with Gasteiger partial charge in [-0.25, -0.2) is 9.97 Å². The Labute approximate surface area is 163 Å². The maximum Gasteiger partial charge on any atom is 0.275 e. The Morgan fingerprint density at radius 2 is 2.04 bits per heavy atom. The second-order valence-electron chi connectivity index (χ2n) is 6.40. The van der Waals surface area contributed by atoms with Gasteiger partial charge in [-0.15, -0.1) is 12.4 Å². The van der Waals surface area contributed by atoms with Crippen LogP contribution in [0, 0.1) is 6.92 Å². The van der Waals surface area contributed by atoms with Crippen LogP contribution < -0.4 is 10.6 Å². The Morgan fingerprint density at radius 1 is 1.22 bits per heavy atom. The molecular weight excluding hydrogens is 366 g/mol. The van der Waals surface area contributed by atoms with Crippen molar-refractivity contribution in [3.8, 4) is 0 Å². The Bertz CT molecular complexity index is 893. The fraction of sp³-hybridized carbons (Fsp3) is 0.333. The smallest absolute Gasteiger partial charge is 0.275 e. The van der Waals surface area contributed by atoms with E-state index in [4.69, 9.17) is 0 Å². The van der Waals surface area contributed by atoms with E-state index in [1.807, 2.05) is 37.4 Å². The molecule has 8 nitrogen and oxygen atoms in total. The average molecular weight is 388 g/mol. The Balaban J connectivity index is 0.00000210. The Morgan fingerprint density at radius 3 is 2.78 bits per heavy atom. The molecule has 1 aliphatic heterocycles. The van der Waals surface area contributed by atoms with Crippen LogP contribution in [-0.2, 0) is 19.4 Å². The number of hydrogen-bond donors (Lipinski definition) is 3. The molecule has 2 aromatic heterocycles. The van der Waals surface area contributed by atoms with Crippen LogP contribution in [0.3, 0.4) is 0 Å². The minimum atomic E-state index is -0.184. The van der Waals surface area contributed by atoms with Crippen LogP contribution in [-0.4, -0.2) is 43.7 Å². The van der Waals surface area contributed by atoms with Crippen molar-refractivity contribution >= 4 is 24.0 Å². The summed E-state index contributed by atoms with van der Waals surface area (Å²) < 4.78 is 2.05. The van der Waals surface area contributed by atoms with Gasteiger partial charge in [-0.3, -0.25) is 9.89 Å². The number of nitrogens with one attached hydrogen (secondary N) is 3. The van der Waals surface area contributed by atoms with E-state index >= 15 is 0 Å². The average Bonchev–Trinajstić information content (AvgIpc) is 3.17. The SMILES string of the molecule is Cc1nc(Cc2ccc(NC(=O)c3cn4c(n3)CCNCC4)cc2)n[nH]1.Cl. The molecule has 0 saturated heterocycles. The summed E-state index contributed by atoms with van der Waals surface area (Å²) in [6, 6.07) is 7.71. The third-order valence-corrected chi connectivity index (χ3v) is 4.36. The summed E-state index contributed by atoms with van der Waals surface area (Å²) in [7, 11) is 0. The molecule has 0 radical (unpaired) electrons. The van der Waals surface area contributed by atoms with Crippen molar-refractivity contribution in [1.29, 1.82) is 0 Å². The molecule has 0 spiro atoms. The summed E-state index contributed by atoms with van der Waals surface area (Å²) in [6.07, 6.45) is 3.32. The number of aromatic amines is 1. The van der Waals surface area contributed by atoms with Gasteiger partial charge in [0.25, 0.3) is 5.91 Å². The summed E-state index contributed by atoms with van der Waals surface area (Å²) in [5, 5.41) is 13.2. The van der Waals surface area contributed by atoms with Gasteiger partial charge >= 0.3 is 0 Å². The maximum absolute atomic E-state index is 12.5. The predicted molar refractivity (Wildman–Crippen MR) is 104 cm³/mol. The first-order valence-corrected chi connectivity index (χ1v) is 8.72. The van der Waals surface area contributed by atoms with Crippen LogP contribution >= 0.6 is 12.4 Å². The van der Waals surface area contributed by atoms with Crippen molar-refractivity contribution in [3.63, 3.8) is 0 Å². The number of anilines is 1. The number of carbonyl (C=O) groups is 1. The highest BCUT2D eigenvalue weighted by atomic mass is 35.5. The second-order valence-corrected chi connectivity index (χ2v) is 6.40. The number of nitrogens with zero attached hydrogens (tertiary/aromatic N) is 4. The zero-order chi connectivity index (χ0) is 17.9. The highest BCUT2D eigenvalue weighted by molar-refractivity contribution is 6.02. The largest absolute Gasteiger partial charge is 0.333 e. The van der Waals surface area contributed by atoms with Gasteiger partial charge in [0, 0.05) is 44.4 Å². The van der Waals surface area contributed by atoms with E-state index in [1.54, 1.807) is 0 Å². The van der Waals surface area contributed by atoms with Gasteiger partial charge in [0.15, 0.2) is 5.82 Å². The third-order valence-electron chi connectivity index (χ3n) is 4.36. The number of hydrogen-bond acceptors (Lipinski definition) is 5. The molecule has 0 unspecified atom stereocenters. The molecule has 27 heavy (non-hydrogen) atoms. The van der Waals surface area contributed by atoms with Crippen molar-refractivity contribution in [2.24, 2.45) is 0 Å². The zero-order valence-electron chi connectivity index (χ0n) is 15.0. The topological polar surface area (TPSA) is 101 Å². The number of H-pyrrole nitrogens is 1. The lowest BCUT2D eigenvalue weighted by atomic mass is 10.1. The Hall–Kier alpha value is -2.71. The summed E-state index contributed by atoms with van der Waals surface area (Å²) in [4.78, 5) is 21.2. The molecule has 3 aromatic rings. The molecule has 1 amide bonds. The number of imidazole rings is 1. The molecule has 0 aliphatic carbocycles. The van der Waals surface area contributed by atoms with Gasteiger partial charge in [-0.1, -0.05) is 12.1 Å². The van der Waals surface area contributed by atoms with Gasteiger partial charge in [0.05, 0.1) is 0 Å². The molecular formula is C18H22ClN7O. The van der Waals surface area contributed by atoms with E-state index in [0.29, 0.717) is 12.1 Å². The lowest BCUT2D eigenvalue weighted by Gasteiger charge is -2.04. The molecule has 9 heteroatoms. The Kier molecular flexibility index (Phi) is 5.88. The monoisotopic (exact) mass is 387 g/mol. The van der Waals surface area contributed by atoms with E-state index in [-0.39, 0.29) is 18.3 Å². The standard InChI is InChI=1S/C18H21N7O.ClH/c1-12-20-16(24-23-12)10-13-2-4-14(5-3-13)21-18(26)15-11-25-9-8-19-7-6-17(25)22-15;/h2-5,11,19H,6-10H2,1H3,(H,21,26)(H,20,23,24);1H. The quantitative estimate of drug-likeness (QED) is 0.632. The molecule has 0 bridgehead atoms. The highest BCUT2D eigenvalue weighted by Gasteiger charge is 2.16. The van der Waals surface area contributed by atoms with Crippen molar-refractivity contribution < 1.29 is 4.79 Å². The van der Waals surface area contributed by atoms with Crippen LogP contribution in [0.4, 0.5) is 5.69 Å². The molecule has 3 N–H and O–H groups in total. The molecule has 0 fully saturated rings. The molecule has 0 atom stereocenters. The van der Waals surface area contributed by atoms with Gasteiger partial charge in [0.2, 0.25) is 0 Å². The van der Waals surface area contributed by atoms with Crippen LogP contribution in [0.25, 0.3) is 0 Å². The highest BCUT2D eigenvalue weighted by Crippen LogP contribution is 2.14.